The fourth-order valence-electron chi connectivity index (χ4n) is 0. The van der Waals surface area contributed by atoms with E-state index >= 15 is 0 Å². The molecule has 0 aromatic heterocycles. The molecule has 0 fully saturated rings. The zero-order chi connectivity index (χ0) is 7.58. The molecule has 0 unspecified atom stereocenters. The van der Waals surface area contributed by atoms with Crippen LogP contribution in [-0.2, 0) is 0 Å². The molecule has 0 aliphatic heterocycles. The van der Waals surface area contributed by atoms with E-state index in [0.29, 0.717) is 0 Å². The van der Waals surface area contributed by atoms with Crippen molar-refractivity contribution in [3.8, 4) is 0 Å². The van der Waals surface area contributed by atoms with Crippen LogP contribution < -0.4 is 0 Å². The summed E-state index contributed by atoms with van der Waals surface area (Å²) in [6.07, 6.45) is 0. The lowest BCUT2D eigenvalue weighted by atomic mass is 10.2. The molecule has 0 aromatic rings. The summed E-state index contributed by atoms with van der Waals surface area (Å²) < 4.78 is 0. The highest BCUT2D eigenvalue weighted by Gasteiger charge is 1.68. The molecule has 0 aromatic carbocycles. The average Bonchev–Trinajstić information content (AvgIpc) is 1.75. The van der Waals surface area contributed by atoms with Gasteiger partial charge >= 0.3 is 0 Å². The van der Waals surface area contributed by atoms with Gasteiger partial charge in [-0.3, -0.25) is 0 Å². The molecule has 0 heterocycles. The SMILES string of the molecule is CC.CC(C)C.[B]C. The third kappa shape index (κ3) is 36900. The maximum atomic E-state index is 4.50. The normalized spacial score (nSPS) is 5.88. The Morgan fingerprint density at radius 2 is 0.875 bits per heavy atom. The lowest BCUT2D eigenvalue weighted by Gasteiger charge is -1.79. The van der Waals surface area contributed by atoms with Crippen LogP contribution in [0.25, 0.3) is 0 Å². The average molecular weight is 114 g/mol. The maximum Gasteiger partial charge on any atom is 0.0606 e. The van der Waals surface area contributed by atoms with E-state index in [-0.39, 0.29) is 0 Å². The molecule has 0 aliphatic rings. The highest BCUT2D eigenvalue weighted by Crippen LogP contribution is 1.81. The zero-order valence-electron chi connectivity index (χ0n) is 7.15. The fraction of sp³-hybridized carbons (Fsp3) is 1.00. The quantitative estimate of drug-likeness (QED) is 0.424. The molecule has 0 rings (SSSR count). The summed E-state index contributed by atoms with van der Waals surface area (Å²) in [5.74, 6) is 0.833. The van der Waals surface area contributed by atoms with E-state index in [1.807, 2.05) is 13.8 Å². The van der Waals surface area contributed by atoms with Crippen LogP contribution in [0.2, 0.25) is 6.82 Å². The Labute approximate surface area is 56.1 Å². The molecule has 50 valence electrons. The molecular formula is C7H19B. The van der Waals surface area contributed by atoms with Gasteiger partial charge in [0.25, 0.3) is 0 Å². The van der Waals surface area contributed by atoms with Crippen molar-refractivity contribution in [2.45, 2.75) is 41.4 Å². The number of rotatable bonds is 0. The third-order valence-electron chi connectivity index (χ3n) is 0. The Kier molecular flexibility index (Phi) is 54.3. The Hall–Kier alpha value is 0.0649. The van der Waals surface area contributed by atoms with Crippen LogP contribution in [0, 0.1) is 5.92 Å². The van der Waals surface area contributed by atoms with E-state index in [2.05, 4.69) is 28.6 Å². The highest BCUT2D eigenvalue weighted by molar-refractivity contribution is 6.05. The Bertz CT molecular complexity index is 9.10. The summed E-state index contributed by atoms with van der Waals surface area (Å²) >= 11 is 0. The molecule has 0 amide bonds. The molecule has 0 spiro atoms. The van der Waals surface area contributed by atoms with Gasteiger partial charge in [-0.15, -0.1) is 0 Å². The standard InChI is InChI=1S/C4H10.C2H6.CH3B/c1-4(2)3;2*1-2/h4H,1-3H3;1-2H3;1H3. The van der Waals surface area contributed by atoms with E-state index in [1.165, 1.54) is 6.82 Å². The second-order valence-electron chi connectivity index (χ2n) is 1.73. The summed E-state index contributed by atoms with van der Waals surface area (Å²) in [6.45, 7) is 12.0. The van der Waals surface area contributed by atoms with Crippen LogP contribution in [0.15, 0.2) is 0 Å². The van der Waals surface area contributed by atoms with Gasteiger partial charge in [0.05, 0.1) is 7.85 Å². The Morgan fingerprint density at radius 1 is 0.875 bits per heavy atom. The first kappa shape index (κ1) is 15.7. The first-order chi connectivity index (χ1) is 3.73. The van der Waals surface area contributed by atoms with Crippen LogP contribution in [-0.4, -0.2) is 7.85 Å². The van der Waals surface area contributed by atoms with E-state index in [9.17, 15) is 0 Å². The van der Waals surface area contributed by atoms with Crippen molar-refractivity contribution in [1.29, 1.82) is 0 Å². The summed E-state index contributed by atoms with van der Waals surface area (Å²) in [7, 11) is 4.50. The monoisotopic (exact) mass is 114 g/mol. The van der Waals surface area contributed by atoms with Gasteiger partial charge in [0.1, 0.15) is 0 Å². The predicted molar refractivity (Wildman–Crippen MR) is 43.5 cm³/mol. The smallest absolute Gasteiger partial charge is 0.0606 e. The van der Waals surface area contributed by atoms with Crippen LogP contribution >= 0.6 is 0 Å². The Morgan fingerprint density at radius 3 is 0.875 bits per heavy atom. The fourth-order valence-corrected chi connectivity index (χ4v) is 0. The predicted octanol–water partition coefficient (Wildman–Crippen LogP) is 2.89. The number of hydrogen-bond acceptors (Lipinski definition) is 0. The van der Waals surface area contributed by atoms with E-state index < -0.39 is 0 Å². The minimum Gasteiger partial charge on any atom is -0.0999 e. The molecule has 1 heteroatoms. The maximum absolute atomic E-state index is 4.50. The van der Waals surface area contributed by atoms with Gasteiger partial charge in [0.15, 0.2) is 0 Å². The van der Waals surface area contributed by atoms with Gasteiger partial charge in [0.2, 0.25) is 0 Å². The summed E-state index contributed by atoms with van der Waals surface area (Å²) in [4.78, 5) is 0. The van der Waals surface area contributed by atoms with Gasteiger partial charge < -0.3 is 0 Å². The number of hydrogen-bond donors (Lipinski definition) is 0. The van der Waals surface area contributed by atoms with Crippen molar-refractivity contribution >= 4 is 7.85 Å². The van der Waals surface area contributed by atoms with Crippen LogP contribution in [0.5, 0.6) is 0 Å². The largest absolute Gasteiger partial charge is 0.0999 e. The van der Waals surface area contributed by atoms with Crippen molar-refractivity contribution in [1.82, 2.24) is 0 Å². The molecule has 0 saturated heterocycles. The van der Waals surface area contributed by atoms with Crippen LogP contribution in [0.3, 0.4) is 0 Å². The minimum absolute atomic E-state index is 0.833. The van der Waals surface area contributed by atoms with Crippen LogP contribution in [0.1, 0.15) is 34.6 Å². The van der Waals surface area contributed by atoms with Crippen molar-refractivity contribution in [2.24, 2.45) is 5.92 Å². The summed E-state index contributed by atoms with van der Waals surface area (Å²) in [5.41, 5.74) is 0. The Balaban J connectivity index is -0.0000000542. The van der Waals surface area contributed by atoms with E-state index in [4.69, 9.17) is 0 Å². The molecule has 2 radical (unpaired) electrons. The first-order valence-corrected chi connectivity index (χ1v) is 3.31. The van der Waals surface area contributed by atoms with Crippen molar-refractivity contribution in [2.75, 3.05) is 0 Å². The second-order valence-corrected chi connectivity index (χ2v) is 1.73. The lowest BCUT2D eigenvalue weighted by molar-refractivity contribution is 0.737. The minimum atomic E-state index is 0.833. The van der Waals surface area contributed by atoms with Gasteiger partial charge in [-0.1, -0.05) is 41.4 Å². The molecule has 0 N–H and O–H groups in total. The molecule has 0 aliphatic carbocycles. The third-order valence-corrected chi connectivity index (χ3v) is 0. The van der Waals surface area contributed by atoms with Crippen molar-refractivity contribution < 1.29 is 0 Å². The summed E-state index contributed by atoms with van der Waals surface area (Å²) in [6, 6.07) is 0. The molecular weight excluding hydrogens is 94.9 g/mol. The van der Waals surface area contributed by atoms with Gasteiger partial charge in [-0.25, -0.2) is 0 Å². The molecule has 0 atom stereocenters. The van der Waals surface area contributed by atoms with Crippen molar-refractivity contribution in [3.63, 3.8) is 0 Å². The second kappa shape index (κ2) is 27.7. The molecule has 0 nitrogen and oxygen atoms in total. The van der Waals surface area contributed by atoms with Gasteiger partial charge in [-0.05, 0) is 5.92 Å². The highest BCUT2D eigenvalue weighted by atomic mass is 13.7. The zero-order valence-corrected chi connectivity index (χ0v) is 7.15. The van der Waals surface area contributed by atoms with E-state index in [1.54, 1.807) is 0 Å². The lowest BCUT2D eigenvalue weighted by Crippen LogP contribution is -1.66. The van der Waals surface area contributed by atoms with Crippen LogP contribution in [0.4, 0.5) is 0 Å². The molecule has 0 bridgehead atoms. The van der Waals surface area contributed by atoms with E-state index in [0.717, 1.165) is 5.92 Å². The van der Waals surface area contributed by atoms with Gasteiger partial charge in [-0.2, -0.15) is 0 Å². The molecule has 8 heavy (non-hydrogen) atoms. The molecule has 0 saturated carbocycles. The topological polar surface area (TPSA) is 0 Å². The first-order valence-electron chi connectivity index (χ1n) is 3.31. The van der Waals surface area contributed by atoms with Crippen molar-refractivity contribution in [3.05, 3.63) is 0 Å². The summed E-state index contributed by atoms with van der Waals surface area (Å²) in [5, 5.41) is 0. The van der Waals surface area contributed by atoms with Gasteiger partial charge in [0, 0.05) is 0 Å².